The fourth-order valence-corrected chi connectivity index (χ4v) is 2.61. The van der Waals surface area contributed by atoms with E-state index in [0.717, 1.165) is 25.4 Å². The Labute approximate surface area is 100 Å². The van der Waals surface area contributed by atoms with Crippen LogP contribution in [0.2, 0.25) is 0 Å². The van der Waals surface area contributed by atoms with Gasteiger partial charge in [0, 0.05) is 13.2 Å². The van der Waals surface area contributed by atoms with E-state index in [0.29, 0.717) is 12.1 Å². The van der Waals surface area contributed by atoms with E-state index in [9.17, 15) is 0 Å². The van der Waals surface area contributed by atoms with Crippen molar-refractivity contribution < 1.29 is 4.74 Å². The number of methoxy groups -OCH3 is 1. The summed E-state index contributed by atoms with van der Waals surface area (Å²) in [6.45, 7) is 4.24. The van der Waals surface area contributed by atoms with Gasteiger partial charge >= 0.3 is 0 Å². The van der Waals surface area contributed by atoms with Crippen molar-refractivity contribution in [1.82, 2.24) is 5.32 Å². The predicted molar refractivity (Wildman–Crippen MR) is 68.5 cm³/mol. The molecule has 0 aromatic heterocycles. The molecular formula is C13H28N2O. The van der Waals surface area contributed by atoms with Gasteiger partial charge in [0.05, 0.1) is 6.10 Å². The fourth-order valence-electron chi connectivity index (χ4n) is 2.61. The minimum Gasteiger partial charge on any atom is -0.380 e. The third-order valence-electron chi connectivity index (χ3n) is 3.69. The molecule has 0 aromatic rings. The second-order valence-corrected chi connectivity index (χ2v) is 5.09. The highest BCUT2D eigenvalue weighted by atomic mass is 16.5. The Hall–Kier alpha value is -0.120. The number of hydrogen-bond donors (Lipinski definition) is 2. The minimum atomic E-state index is 0.446. The average molecular weight is 228 g/mol. The first-order valence-corrected chi connectivity index (χ1v) is 6.74. The van der Waals surface area contributed by atoms with Gasteiger partial charge in [-0.2, -0.15) is 0 Å². The molecule has 96 valence electrons. The minimum absolute atomic E-state index is 0.446. The lowest BCUT2D eigenvalue weighted by Crippen LogP contribution is -2.37. The molecule has 0 spiro atoms. The largest absolute Gasteiger partial charge is 0.380 e. The second-order valence-electron chi connectivity index (χ2n) is 5.09. The summed E-state index contributed by atoms with van der Waals surface area (Å²) in [5, 5.41) is 3.62. The van der Waals surface area contributed by atoms with Gasteiger partial charge in [-0.1, -0.05) is 6.92 Å². The van der Waals surface area contributed by atoms with E-state index in [-0.39, 0.29) is 0 Å². The molecule has 16 heavy (non-hydrogen) atoms. The molecule has 0 heterocycles. The Morgan fingerprint density at radius 1 is 1.38 bits per heavy atom. The zero-order valence-electron chi connectivity index (χ0n) is 10.9. The lowest BCUT2D eigenvalue weighted by molar-refractivity contribution is 0.0851. The van der Waals surface area contributed by atoms with Gasteiger partial charge in [-0.05, 0) is 57.5 Å². The smallest absolute Gasteiger partial charge is 0.0724 e. The number of nitrogens with two attached hydrogens (primary N) is 1. The molecule has 0 saturated heterocycles. The summed E-state index contributed by atoms with van der Waals surface area (Å²) in [4.78, 5) is 0. The van der Waals surface area contributed by atoms with Gasteiger partial charge < -0.3 is 15.8 Å². The van der Waals surface area contributed by atoms with Gasteiger partial charge in [-0.3, -0.25) is 0 Å². The van der Waals surface area contributed by atoms with Gasteiger partial charge in [0.1, 0.15) is 0 Å². The first-order valence-electron chi connectivity index (χ1n) is 6.74. The van der Waals surface area contributed by atoms with Crippen molar-refractivity contribution in [2.24, 2.45) is 11.7 Å². The van der Waals surface area contributed by atoms with Crippen LogP contribution in [0, 0.1) is 5.92 Å². The Bertz CT molecular complexity index is 175. The monoisotopic (exact) mass is 228 g/mol. The lowest BCUT2D eigenvalue weighted by Gasteiger charge is -2.20. The summed E-state index contributed by atoms with van der Waals surface area (Å²) in [7, 11) is 1.83. The summed E-state index contributed by atoms with van der Waals surface area (Å²) >= 11 is 0. The van der Waals surface area contributed by atoms with E-state index in [1.165, 1.54) is 32.1 Å². The summed E-state index contributed by atoms with van der Waals surface area (Å²) in [5.74, 6) is 0.772. The molecule has 0 bridgehead atoms. The molecule has 0 amide bonds. The highest BCUT2D eigenvalue weighted by Crippen LogP contribution is 2.21. The Kier molecular flexibility index (Phi) is 7.01. The van der Waals surface area contributed by atoms with Crippen LogP contribution in [0.5, 0.6) is 0 Å². The van der Waals surface area contributed by atoms with Crippen LogP contribution in [-0.2, 0) is 4.74 Å². The standard InChI is InChI=1S/C13H28N2O/c1-11(8-9-14)5-4-10-15-12-6-3-7-13(12)16-2/h11-13,15H,3-10,14H2,1-2H3. The molecule has 3 atom stereocenters. The first kappa shape index (κ1) is 13.9. The third-order valence-corrected chi connectivity index (χ3v) is 3.69. The van der Waals surface area contributed by atoms with Crippen LogP contribution in [0.25, 0.3) is 0 Å². The number of hydrogen-bond acceptors (Lipinski definition) is 3. The maximum atomic E-state index is 5.54. The molecule has 1 saturated carbocycles. The van der Waals surface area contributed by atoms with E-state index >= 15 is 0 Å². The molecule has 3 unspecified atom stereocenters. The quantitative estimate of drug-likeness (QED) is 0.624. The summed E-state index contributed by atoms with van der Waals surface area (Å²) in [5.41, 5.74) is 5.54. The van der Waals surface area contributed by atoms with Crippen LogP contribution in [0.3, 0.4) is 0 Å². The van der Waals surface area contributed by atoms with Crippen molar-refractivity contribution in [2.45, 2.75) is 57.6 Å². The van der Waals surface area contributed by atoms with Crippen molar-refractivity contribution in [3.8, 4) is 0 Å². The zero-order valence-corrected chi connectivity index (χ0v) is 10.9. The highest BCUT2D eigenvalue weighted by Gasteiger charge is 2.25. The molecule has 0 aromatic carbocycles. The Morgan fingerprint density at radius 2 is 2.19 bits per heavy atom. The molecule has 3 heteroatoms. The number of nitrogens with one attached hydrogen (secondary N) is 1. The van der Waals surface area contributed by atoms with Crippen LogP contribution in [0.1, 0.15) is 45.4 Å². The van der Waals surface area contributed by atoms with Gasteiger partial charge in [0.25, 0.3) is 0 Å². The first-order chi connectivity index (χ1) is 7.77. The molecule has 1 fully saturated rings. The summed E-state index contributed by atoms with van der Waals surface area (Å²) in [6.07, 6.45) is 7.95. The second kappa shape index (κ2) is 8.04. The van der Waals surface area contributed by atoms with Crippen molar-refractivity contribution in [2.75, 3.05) is 20.2 Å². The molecular weight excluding hydrogens is 200 g/mol. The zero-order chi connectivity index (χ0) is 11.8. The van der Waals surface area contributed by atoms with Crippen molar-refractivity contribution in [1.29, 1.82) is 0 Å². The molecule has 0 aliphatic heterocycles. The van der Waals surface area contributed by atoms with E-state index < -0.39 is 0 Å². The van der Waals surface area contributed by atoms with Crippen LogP contribution in [-0.4, -0.2) is 32.3 Å². The molecule has 1 aliphatic rings. The van der Waals surface area contributed by atoms with Crippen LogP contribution < -0.4 is 11.1 Å². The van der Waals surface area contributed by atoms with Gasteiger partial charge in [0.2, 0.25) is 0 Å². The van der Waals surface area contributed by atoms with Gasteiger partial charge in [0.15, 0.2) is 0 Å². The van der Waals surface area contributed by atoms with Crippen LogP contribution >= 0.6 is 0 Å². The number of rotatable bonds is 8. The van der Waals surface area contributed by atoms with E-state index in [1.54, 1.807) is 0 Å². The topological polar surface area (TPSA) is 47.3 Å². The summed E-state index contributed by atoms with van der Waals surface area (Å²) in [6, 6.07) is 0.592. The Morgan fingerprint density at radius 3 is 2.88 bits per heavy atom. The maximum absolute atomic E-state index is 5.54. The predicted octanol–water partition coefficient (Wildman–Crippen LogP) is 1.91. The number of ether oxygens (including phenoxy) is 1. The maximum Gasteiger partial charge on any atom is 0.0724 e. The Balaban J connectivity index is 2.02. The van der Waals surface area contributed by atoms with Crippen molar-refractivity contribution in [3.05, 3.63) is 0 Å². The van der Waals surface area contributed by atoms with Crippen LogP contribution in [0.4, 0.5) is 0 Å². The van der Waals surface area contributed by atoms with Crippen LogP contribution in [0.15, 0.2) is 0 Å². The lowest BCUT2D eigenvalue weighted by atomic mass is 10.0. The molecule has 1 rings (SSSR count). The molecule has 3 nitrogen and oxygen atoms in total. The molecule has 1 aliphatic carbocycles. The normalized spacial score (nSPS) is 27.2. The van der Waals surface area contributed by atoms with Gasteiger partial charge in [-0.15, -0.1) is 0 Å². The van der Waals surface area contributed by atoms with E-state index in [2.05, 4.69) is 12.2 Å². The fraction of sp³-hybridized carbons (Fsp3) is 1.00. The van der Waals surface area contributed by atoms with Crippen molar-refractivity contribution >= 4 is 0 Å². The third kappa shape index (κ3) is 4.81. The highest BCUT2D eigenvalue weighted by molar-refractivity contribution is 4.83. The average Bonchev–Trinajstić information content (AvgIpc) is 2.72. The van der Waals surface area contributed by atoms with E-state index in [1.807, 2.05) is 7.11 Å². The van der Waals surface area contributed by atoms with E-state index in [4.69, 9.17) is 10.5 Å². The molecule has 0 radical (unpaired) electrons. The summed E-state index contributed by atoms with van der Waals surface area (Å²) < 4.78 is 5.46. The SMILES string of the molecule is COC1CCCC1NCCCC(C)CCN. The van der Waals surface area contributed by atoms with Gasteiger partial charge in [-0.25, -0.2) is 0 Å². The molecule has 3 N–H and O–H groups in total. The van der Waals surface area contributed by atoms with Crippen molar-refractivity contribution in [3.63, 3.8) is 0 Å².